The molecule has 30 heavy (non-hydrogen) atoms. The molecule has 0 fully saturated rings. The molecule has 0 rings (SSSR count). The first-order valence-electron chi connectivity index (χ1n) is 10.5. The van der Waals surface area contributed by atoms with Gasteiger partial charge in [0.1, 0.15) is 13.2 Å². The summed E-state index contributed by atoms with van der Waals surface area (Å²) in [5, 5.41) is 0. The molecule has 0 saturated carbocycles. The summed E-state index contributed by atoms with van der Waals surface area (Å²) in [5.74, 6) is 12.8. The number of unbranched alkanes of at least 4 members (excludes halogenated alkanes) is 2. The van der Waals surface area contributed by atoms with Crippen molar-refractivity contribution in [2.24, 2.45) is 10.8 Å². The fraction of sp³-hybridized carbons (Fsp3) is 0.538. The third-order valence-corrected chi connectivity index (χ3v) is 4.59. The average Bonchev–Trinajstić information content (AvgIpc) is 2.68. The molecule has 0 aliphatic carbocycles. The highest BCUT2D eigenvalue weighted by atomic mass is 31.1. The molecular formula is C26H38O3P+. The molecule has 0 atom stereocenters. The predicted octanol–water partition coefficient (Wildman–Crippen LogP) is 7.56. The normalized spacial score (nSPS) is 12.2. The first-order valence-corrected chi connectivity index (χ1v) is 11.6. The Balaban J connectivity index is 4.02. The van der Waals surface area contributed by atoms with Crippen molar-refractivity contribution in [3.63, 3.8) is 0 Å². The van der Waals surface area contributed by atoms with Gasteiger partial charge in [0.25, 0.3) is 0 Å². The summed E-state index contributed by atoms with van der Waals surface area (Å²) in [5.41, 5.74) is -0.369. The molecule has 0 radical (unpaired) electrons. The summed E-state index contributed by atoms with van der Waals surface area (Å²) in [6.07, 6.45) is 16.7. The average molecular weight is 430 g/mol. The molecule has 0 N–H and O–H groups in total. The van der Waals surface area contributed by atoms with E-state index in [0.717, 1.165) is 25.7 Å². The molecule has 0 spiro atoms. The lowest BCUT2D eigenvalue weighted by Crippen LogP contribution is -2.03. The molecule has 0 aliphatic rings. The summed E-state index contributed by atoms with van der Waals surface area (Å²) in [6.45, 7) is 16.4. The van der Waals surface area contributed by atoms with Gasteiger partial charge < -0.3 is 0 Å². The van der Waals surface area contributed by atoms with Gasteiger partial charge in [-0.1, -0.05) is 48.3 Å². The van der Waals surface area contributed by atoms with Crippen LogP contribution in [0.25, 0.3) is 0 Å². The Morgan fingerprint density at radius 3 is 1.53 bits per heavy atom. The number of hydrogen-bond acceptors (Lipinski definition) is 3. The molecule has 0 heterocycles. The smallest absolute Gasteiger partial charge is 0.119 e. The van der Waals surface area contributed by atoms with Crippen LogP contribution in [0.15, 0.2) is 49.6 Å². The van der Waals surface area contributed by atoms with Crippen LogP contribution in [0.3, 0.4) is 0 Å². The third kappa shape index (κ3) is 18.1. The summed E-state index contributed by atoms with van der Waals surface area (Å²) >= 11 is 0. The standard InChI is InChI=1S/C26H38O3P/c1-7-9-11-13-19-25(3,4)21-15-17-23-28-30(27)29-24-18-16-22-26(5,6)20-14-12-10-8-2/h7-8,15-16,21-22H,1-2,9-12,17-18,23-24H2,3-6H3/q+1. The fourth-order valence-electron chi connectivity index (χ4n) is 2.20. The lowest BCUT2D eigenvalue weighted by molar-refractivity contribution is 0.231. The molecule has 0 unspecified atom stereocenters. The maximum Gasteiger partial charge on any atom is 0.697 e. The van der Waals surface area contributed by atoms with Crippen LogP contribution < -0.4 is 0 Å². The van der Waals surface area contributed by atoms with E-state index >= 15 is 0 Å². The van der Waals surface area contributed by atoms with Gasteiger partial charge in [-0.15, -0.1) is 34.0 Å². The maximum atomic E-state index is 11.8. The van der Waals surface area contributed by atoms with Crippen molar-refractivity contribution in [3.05, 3.63) is 49.6 Å². The molecule has 3 nitrogen and oxygen atoms in total. The van der Waals surface area contributed by atoms with Crippen molar-refractivity contribution in [1.82, 2.24) is 0 Å². The van der Waals surface area contributed by atoms with Crippen LogP contribution in [0.1, 0.15) is 66.2 Å². The highest BCUT2D eigenvalue weighted by molar-refractivity contribution is 7.33. The van der Waals surface area contributed by atoms with Crippen LogP contribution in [0.2, 0.25) is 0 Å². The van der Waals surface area contributed by atoms with Crippen molar-refractivity contribution in [1.29, 1.82) is 0 Å². The molecule has 0 bridgehead atoms. The second-order valence-corrected chi connectivity index (χ2v) is 8.94. The van der Waals surface area contributed by atoms with E-state index in [-0.39, 0.29) is 10.8 Å². The number of hydrogen-bond donors (Lipinski definition) is 0. The minimum atomic E-state index is -2.09. The molecular weight excluding hydrogens is 391 g/mol. The van der Waals surface area contributed by atoms with Gasteiger partial charge in [0.15, 0.2) is 0 Å². The summed E-state index contributed by atoms with van der Waals surface area (Å²) in [6, 6.07) is 0. The van der Waals surface area contributed by atoms with Crippen molar-refractivity contribution in [2.45, 2.75) is 66.2 Å². The van der Waals surface area contributed by atoms with Gasteiger partial charge in [-0.05, 0) is 53.4 Å². The Bertz CT molecular complexity index is 646. The Labute approximate surface area is 185 Å². The van der Waals surface area contributed by atoms with E-state index in [2.05, 4.69) is 76.7 Å². The van der Waals surface area contributed by atoms with Gasteiger partial charge in [-0.3, -0.25) is 0 Å². The van der Waals surface area contributed by atoms with E-state index in [1.807, 2.05) is 24.3 Å². The van der Waals surface area contributed by atoms with E-state index in [0.29, 0.717) is 26.1 Å². The van der Waals surface area contributed by atoms with Crippen molar-refractivity contribution < 1.29 is 13.6 Å². The van der Waals surface area contributed by atoms with Gasteiger partial charge in [0.05, 0.1) is 0 Å². The summed E-state index contributed by atoms with van der Waals surface area (Å²) in [4.78, 5) is 0. The highest BCUT2D eigenvalue weighted by Crippen LogP contribution is 2.24. The topological polar surface area (TPSA) is 35.5 Å². The van der Waals surface area contributed by atoms with E-state index in [1.165, 1.54) is 0 Å². The Hall–Kier alpha value is -1.90. The van der Waals surface area contributed by atoms with Crippen LogP contribution in [0, 0.1) is 34.5 Å². The van der Waals surface area contributed by atoms with Gasteiger partial charge in [-0.25, -0.2) is 0 Å². The van der Waals surface area contributed by atoms with E-state index in [4.69, 9.17) is 9.05 Å². The second kappa shape index (κ2) is 16.8. The Morgan fingerprint density at radius 1 is 0.767 bits per heavy atom. The van der Waals surface area contributed by atoms with Crippen LogP contribution in [-0.4, -0.2) is 13.2 Å². The van der Waals surface area contributed by atoms with Gasteiger partial charge in [0, 0.05) is 28.2 Å². The molecule has 0 saturated heterocycles. The monoisotopic (exact) mass is 429 g/mol. The highest BCUT2D eigenvalue weighted by Gasteiger charge is 2.19. The summed E-state index contributed by atoms with van der Waals surface area (Å²) in [7, 11) is -2.09. The number of allylic oxidation sites excluding steroid dienone is 4. The van der Waals surface area contributed by atoms with Crippen molar-refractivity contribution in [2.75, 3.05) is 13.2 Å². The molecule has 0 aromatic carbocycles. The molecule has 0 amide bonds. The van der Waals surface area contributed by atoms with Crippen LogP contribution >= 0.6 is 8.25 Å². The van der Waals surface area contributed by atoms with Gasteiger partial charge in [-0.2, -0.15) is 0 Å². The largest absolute Gasteiger partial charge is 0.697 e. The molecule has 0 aromatic rings. The zero-order valence-electron chi connectivity index (χ0n) is 19.2. The van der Waals surface area contributed by atoms with Crippen molar-refractivity contribution in [3.8, 4) is 23.7 Å². The lowest BCUT2D eigenvalue weighted by Gasteiger charge is -2.10. The molecule has 4 heteroatoms. The third-order valence-electron chi connectivity index (χ3n) is 3.80. The van der Waals surface area contributed by atoms with Crippen LogP contribution in [-0.2, 0) is 13.6 Å². The van der Waals surface area contributed by atoms with Gasteiger partial charge >= 0.3 is 8.25 Å². The number of rotatable bonds is 14. The quantitative estimate of drug-likeness (QED) is 0.124. The first kappa shape index (κ1) is 28.1. The van der Waals surface area contributed by atoms with Gasteiger partial charge in [0.2, 0.25) is 0 Å². The Kier molecular flexibility index (Phi) is 15.8. The fourth-order valence-corrected chi connectivity index (χ4v) is 2.78. The van der Waals surface area contributed by atoms with Crippen LogP contribution in [0.4, 0.5) is 0 Å². The van der Waals surface area contributed by atoms with Crippen LogP contribution in [0.5, 0.6) is 0 Å². The van der Waals surface area contributed by atoms with E-state index in [9.17, 15) is 4.57 Å². The molecule has 0 aromatic heterocycles. The lowest BCUT2D eigenvalue weighted by atomic mass is 9.93. The zero-order chi connectivity index (χ0) is 22.7. The minimum absolute atomic E-state index is 0.185. The molecule has 164 valence electrons. The van der Waals surface area contributed by atoms with Crippen molar-refractivity contribution >= 4 is 8.25 Å². The van der Waals surface area contributed by atoms with E-state index in [1.54, 1.807) is 0 Å². The second-order valence-electron chi connectivity index (χ2n) is 7.97. The minimum Gasteiger partial charge on any atom is -0.119 e. The maximum absolute atomic E-state index is 11.8. The molecule has 0 aliphatic heterocycles. The first-order chi connectivity index (χ1) is 14.2. The van der Waals surface area contributed by atoms with E-state index < -0.39 is 8.25 Å². The Morgan fingerprint density at radius 2 is 1.17 bits per heavy atom. The SMILES string of the molecule is C=CCCC#CC(C)(C)C=CCCO[P+](=O)OCCC=CC(C)(C)C#CCCC=C. The predicted molar refractivity (Wildman–Crippen MR) is 129 cm³/mol. The zero-order valence-corrected chi connectivity index (χ0v) is 20.1. The summed E-state index contributed by atoms with van der Waals surface area (Å²) < 4.78 is 22.2.